The quantitative estimate of drug-likeness (QED) is 0.336. The number of methoxy groups -OCH3 is 1. The maximum atomic E-state index is 13.6. The van der Waals surface area contributed by atoms with Crippen molar-refractivity contribution >= 4 is 38.2 Å². The van der Waals surface area contributed by atoms with Crippen LogP contribution in [0.25, 0.3) is 10.9 Å². The molecule has 0 spiro atoms. The van der Waals surface area contributed by atoms with Crippen LogP contribution in [0.15, 0.2) is 64.6 Å². The number of pyridine rings is 1. The zero-order chi connectivity index (χ0) is 25.2. The minimum Gasteiger partial charge on any atom is -0.383 e. The summed E-state index contributed by atoms with van der Waals surface area (Å²) in [7, 11) is -2.67. The van der Waals surface area contributed by atoms with E-state index >= 15 is 0 Å². The summed E-state index contributed by atoms with van der Waals surface area (Å²) in [5.74, 6) is -2.45. The Balaban J connectivity index is 1.66. The van der Waals surface area contributed by atoms with E-state index < -0.39 is 32.3 Å². The summed E-state index contributed by atoms with van der Waals surface area (Å²) < 4.78 is 58.3. The summed E-state index contributed by atoms with van der Waals surface area (Å²) >= 11 is 0. The monoisotopic (exact) mass is 501 g/mol. The number of carbonyl (C=O) groups excluding carboxylic acids is 1. The number of amides is 1. The van der Waals surface area contributed by atoms with Gasteiger partial charge in [0.15, 0.2) is 5.82 Å². The predicted molar refractivity (Wildman–Crippen MR) is 125 cm³/mol. The number of sulfone groups is 1. The average Bonchev–Trinajstić information content (AvgIpc) is 3.21. The first-order valence-electron chi connectivity index (χ1n) is 10.4. The van der Waals surface area contributed by atoms with Crippen LogP contribution in [0.3, 0.4) is 0 Å². The van der Waals surface area contributed by atoms with Gasteiger partial charge in [0.05, 0.1) is 39.4 Å². The number of halogens is 2. The van der Waals surface area contributed by atoms with Crippen LogP contribution in [0.1, 0.15) is 17.3 Å². The molecule has 2 heterocycles. The number of anilines is 2. The van der Waals surface area contributed by atoms with Crippen LogP contribution < -0.4 is 10.6 Å². The molecule has 1 unspecified atom stereocenters. The van der Waals surface area contributed by atoms with Gasteiger partial charge < -0.3 is 15.4 Å². The molecule has 182 valence electrons. The fraction of sp³-hybridized carbons (Fsp3) is 0.174. The Labute approximate surface area is 199 Å². The van der Waals surface area contributed by atoms with E-state index in [1.807, 2.05) is 6.92 Å². The van der Waals surface area contributed by atoms with Crippen LogP contribution in [0.5, 0.6) is 0 Å². The number of H-pyrrole nitrogens is 1. The number of nitrogens with one attached hydrogen (secondary N) is 3. The van der Waals surface area contributed by atoms with Gasteiger partial charge in [-0.05, 0) is 43.3 Å². The molecule has 0 fully saturated rings. The lowest BCUT2D eigenvalue weighted by Gasteiger charge is -2.16. The van der Waals surface area contributed by atoms with Crippen LogP contribution in [-0.2, 0) is 14.6 Å². The number of aromatic amines is 1. The van der Waals surface area contributed by atoms with E-state index in [2.05, 4.69) is 25.8 Å². The minimum absolute atomic E-state index is 0.0835. The zero-order valence-electron chi connectivity index (χ0n) is 18.7. The first kappa shape index (κ1) is 24.2. The standard InChI is InChI=1S/C23H21F2N5O4S/c1-13(12-34-2)27-21-11-26-6-5-18(21)23(31)28-22-19-10-16(3-4-20(19)29-30-22)35(32,33)17-8-14(24)7-15(25)9-17/h3-11,13,27H,12H2,1-2H3,(H2,28,29,30,31). The van der Waals surface area contributed by atoms with Gasteiger partial charge in [-0.15, -0.1) is 0 Å². The highest BCUT2D eigenvalue weighted by Crippen LogP contribution is 2.29. The molecule has 0 saturated carbocycles. The van der Waals surface area contributed by atoms with Gasteiger partial charge in [-0.25, -0.2) is 17.2 Å². The van der Waals surface area contributed by atoms with Gasteiger partial charge in [0.1, 0.15) is 11.6 Å². The van der Waals surface area contributed by atoms with Crippen molar-refractivity contribution in [3.63, 3.8) is 0 Å². The number of rotatable bonds is 8. The Morgan fingerprint density at radius 1 is 1.11 bits per heavy atom. The first-order valence-corrected chi connectivity index (χ1v) is 11.9. The van der Waals surface area contributed by atoms with E-state index in [4.69, 9.17) is 4.74 Å². The molecule has 12 heteroatoms. The van der Waals surface area contributed by atoms with Gasteiger partial charge in [-0.2, -0.15) is 5.10 Å². The van der Waals surface area contributed by atoms with Crippen molar-refractivity contribution in [3.05, 3.63) is 72.1 Å². The first-order chi connectivity index (χ1) is 16.7. The van der Waals surface area contributed by atoms with Gasteiger partial charge >= 0.3 is 0 Å². The van der Waals surface area contributed by atoms with Crippen molar-refractivity contribution in [2.24, 2.45) is 0 Å². The molecule has 35 heavy (non-hydrogen) atoms. The van der Waals surface area contributed by atoms with Crippen molar-refractivity contribution in [1.82, 2.24) is 15.2 Å². The Hall–Kier alpha value is -3.90. The Bertz CT molecular complexity index is 1490. The van der Waals surface area contributed by atoms with Crippen LogP contribution in [0, 0.1) is 11.6 Å². The van der Waals surface area contributed by atoms with E-state index in [1.54, 1.807) is 7.11 Å². The molecule has 4 rings (SSSR count). The molecule has 0 aliphatic carbocycles. The second-order valence-corrected chi connectivity index (χ2v) is 9.71. The minimum atomic E-state index is -4.24. The number of benzene rings is 2. The van der Waals surface area contributed by atoms with E-state index in [-0.39, 0.29) is 22.3 Å². The van der Waals surface area contributed by atoms with Gasteiger partial charge in [0.2, 0.25) is 9.84 Å². The average molecular weight is 502 g/mol. The normalized spacial score (nSPS) is 12.5. The molecule has 0 aliphatic heterocycles. The molecule has 4 aromatic rings. The number of hydrogen-bond acceptors (Lipinski definition) is 7. The van der Waals surface area contributed by atoms with E-state index in [1.165, 1.54) is 36.7 Å². The number of hydrogen-bond donors (Lipinski definition) is 3. The summed E-state index contributed by atoms with van der Waals surface area (Å²) in [6.45, 7) is 2.29. The third-order valence-electron chi connectivity index (χ3n) is 5.11. The van der Waals surface area contributed by atoms with Crippen molar-refractivity contribution in [2.75, 3.05) is 24.4 Å². The molecule has 2 aromatic heterocycles. The molecule has 2 aromatic carbocycles. The van der Waals surface area contributed by atoms with Crippen LogP contribution in [-0.4, -0.2) is 49.3 Å². The van der Waals surface area contributed by atoms with Crippen LogP contribution in [0.2, 0.25) is 0 Å². The molecule has 3 N–H and O–H groups in total. The molecule has 1 atom stereocenters. The second kappa shape index (κ2) is 9.76. The summed E-state index contributed by atoms with van der Waals surface area (Å²) in [5.41, 5.74) is 1.22. The lowest BCUT2D eigenvalue weighted by molar-refractivity contribution is 0.102. The predicted octanol–water partition coefficient (Wildman–Crippen LogP) is 3.77. The Morgan fingerprint density at radius 2 is 1.86 bits per heavy atom. The fourth-order valence-electron chi connectivity index (χ4n) is 3.51. The number of nitrogens with zero attached hydrogens (tertiary/aromatic N) is 2. The molecule has 0 aliphatic rings. The van der Waals surface area contributed by atoms with Crippen molar-refractivity contribution in [1.29, 1.82) is 0 Å². The Morgan fingerprint density at radius 3 is 2.57 bits per heavy atom. The molecule has 0 bridgehead atoms. The van der Waals surface area contributed by atoms with Gasteiger partial charge in [0.25, 0.3) is 5.91 Å². The molecular weight excluding hydrogens is 480 g/mol. The van der Waals surface area contributed by atoms with Gasteiger partial charge in [-0.3, -0.25) is 14.9 Å². The topological polar surface area (TPSA) is 126 Å². The lowest BCUT2D eigenvalue weighted by atomic mass is 10.2. The molecule has 0 saturated heterocycles. The van der Waals surface area contributed by atoms with E-state index in [0.29, 0.717) is 29.3 Å². The lowest BCUT2D eigenvalue weighted by Crippen LogP contribution is -2.23. The molecule has 0 radical (unpaired) electrons. The smallest absolute Gasteiger partial charge is 0.259 e. The van der Waals surface area contributed by atoms with Crippen LogP contribution in [0.4, 0.5) is 20.3 Å². The van der Waals surface area contributed by atoms with Crippen molar-refractivity contribution in [2.45, 2.75) is 22.8 Å². The van der Waals surface area contributed by atoms with Gasteiger partial charge in [-0.1, -0.05) is 0 Å². The number of aromatic nitrogens is 3. The van der Waals surface area contributed by atoms with Crippen molar-refractivity contribution < 1.29 is 26.7 Å². The number of fused-ring (bicyclic) bond motifs is 1. The van der Waals surface area contributed by atoms with E-state index in [0.717, 1.165) is 12.1 Å². The van der Waals surface area contributed by atoms with Crippen molar-refractivity contribution in [3.8, 4) is 0 Å². The largest absolute Gasteiger partial charge is 0.383 e. The highest BCUT2D eigenvalue weighted by molar-refractivity contribution is 7.91. The number of ether oxygens (including phenoxy) is 1. The summed E-state index contributed by atoms with van der Waals surface area (Å²) in [6, 6.07) is 7.51. The maximum absolute atomic E-state index is 13.6. The second-order valence-electron chi connectivity index (χ2n) is 7.76. The van der Waals surface area contributed by atoms with Gasteiger partial charge in [0, 0.05) is 30.8 Å². The number of carbonyl (C=O) groups is 1. The summed E-state index contributed by atoms with van der Waals surface area (Å²) in [4.78, 5) is 16.3. The zero-order valence-corrected chi connectivity index (χ0v) is 19.5. The van der Waals surface area contributed by atoms with E-state index in [9.17, 15) is 22.0 Å². The SMILES string of the molecule is COCC(C)Nc1cnccc1C(=O)Nc1n[nH]c2ccc(S(=O)(=O)c3cc(F)cc(F)c3)cc12. The third kappa shape index (κ3) is 5.12. The highest BCUT2D eigenvalue weighted by Gasteiger charge is 2.22. The summed E-state index contributed by atoms with van der Waals surface area (Å²) in [6.07, 6.45) is 2.97. The molecule has 1 amide bonds. The summed E-state index contributed by atoms with van der Waals surface area (Å²) in [5, 5.41) is 12.9. The highest BCUT2D eigenvalue weighted by atomic mass is 32.2. The van der Waals surface area contributed by atoms with Crippen LogP contribution >= 0.6 is 0 Å². The Kier molecular flexibility index (Phi) is 6.76. The maximum Gasteiger partial charge on any atom is 0.259 e. The molecule has 9 nitrogen and oxygen atoms in total. The third-order valence-corrected chi connectivity index (χ3v) is 6.84. The fourth-order valence-corrected chi connectivity index (χ4v) is 4.84. The molecular formula is C23H21F2N5O4S.